The second-order valence-corrected chi connectivity index (χ2v) is 10.2. The third-order valence-electron chi connectivity index (χ3n) is 3.82. The molecule has 0 aromatic carbocycles. The van der Waals surface area contributed by atoms with E-state index in [1.807, 2.05) is 12.2 Å². The van der Waals surface area contributed by atoms with Crippen LogP contribution in [0.2, 0.25) is 0 Å². The normalized spacial score (nSPS) is 19.2. The second-order valence-electron chi connectivity index (χ2n) is 5.39. The molecule has 0 aromatic rings. The van der Waals surface area contributed by atoms with E-state index in [4.69, 9.17) is 18.1 Å². The van der Waals surface area contributed by atoms with Crippen LogP contribution in [0, 0.1) is 0 Å². The predicted molar refractivity (Wildman–Crippen MR) is 97.8 cm³/mol. The number of fused-ring (bicyclic) bond motifs is 1. The van der Waals surface area contributed by atoms with Crippen LogP contribution in [0.15, 0.2) is 35.6 Å². The molecule has 0 aromatic heterocycles. The van der Waals surface area contributed by atoms with Crippen molar-refractivity contribution in [2.45, 2.75) is 32.6 Å². The third-order valence-corrected chi connectivity index (χ3v) is 9.95. The minimum Gasteiger partial charge on any atom is -0.381 e. The third kappa shape index (κ3) is 3.59. The first-order valence-corrected chi connectivity index (χ1v) is 11.6. The maximum atomic E-state index is 13.8. The van der Waals surface area contributed by atoms with E-state index < -0.39 is 20.1 Å². The lowest BCUT2D eigenvalue weighted by Gasteiger charge is -2.37. The smallest absolute Gasteiger partial charge is 0.356 e. The fraction of sp³-hybridized carbons (Fsp3) is 0.625. The number of nitrogens with one attached hydrogen (secondary N) is 1. The molecule has 1 heterocycles. The van der Waals surface area contributed by atoms with E-state index in [2.05, 4.69) is 5.32 Å². The Balaban J connectivity index is 2.71. The van der Waals surface area contributed by atoms with Gasteiger partial charge in [0.05, 0.1) is 26.4 Å². The summed E-state index contributed by atoms with van der Waals surface area (Å²) in [7, 11) is -7.78. The van der Waals surface area contributed by atoms with E-state index in [-0.39, 0.29) is 26.4 Å². The highest BCUT2D eigenvalue weighted by Crippen LogP contribution is 2.80. The standard InChI is InChI=1S/C16H27NO6P2/c1-5-20-24(18,21-6-2)16(25(19,22-7-3)23-8-4)12-14-10-9-11-17-15(14)13-16/h9-10,12-13,17H,5-8,11H2,1-4H3. The van der Waals surface area contributed by atoms with E-state index >= 15 is 0 Å². The molecular weight excluding hydrogens is 364 g/mol. The molecule has 2 rings (SSSR count). The zero-order valence-corrected chi connectivity index (χ0v) is 17.0. The summed E-state index contributed by atoms with van der Waals surface area (Å²) >= 11 is 0. The van der Waals surface area contributed by atoms with Crippen molar-refractivity contribution in [3.05, 3.63) is 35.6 Å². The molecule has 1 N–H and O–H groups in total. The van der Waals surface area contributed by atoms with Crippen LogP contribution in [-0.4, -0.2) is 37.9 Å². The van der Waals surface area contributed by atoms with Crippen LogP contribution in [-0.2, 0) is 27.2 Å². The van der Waals surface area contributed by atoms with Crippen LogP contribution in [0.5, 0.6) is 0 Å². The average molecular weight is 391 g/mol. The maximum absolute atomic E-state index is 13.8. The zero-order chi connectivity index (χ0) is 18.6. The van der Waals surface area contributed by atoms with Gasteiger partial charge in [0, 0.05) is 12.2 Å². The summed E-state index contributed by atoms with van der Waals surface area (Å²) in [6, 6.07) is 0. The molecule has 25 heavy (non-hydrogen) atoms. The quantitative estimate of drug-likeness (QED) is 0.559. The summed E-state index contributed by atoms with van der Waals surface area (Å²) in [6.45, 7) is 8.07. The molecule has 0 amide bonds. The van der Waals surface area contributed by atoms with Crippen LogP contribution < -0.4 is 5.32 Å². The van der Waals surface area contributed by atoms with Gasteiger partial charge in [-0.2, -0.15) is 0 Å². The first-order valence-electron chi connectivity index (χ1n) is 8.56. The topological polar surface area (TPSA) is 83.1 Å². The molecular formula is C16H27NO6P2. The first kappa shape index (κ1) is 20.6. The average Bonchev–Trinajstić information content (AvgIpc) is 2.97. The van der Waals surface area contributed by atoms with Crippen LogP contribution in [0.3, 0.4) is 0 Å². The van der Waals surface area contributed by atoms with Gasteiger partial charge in [-0.05, 0) is 45.4 Å². The minimum absolute atomic E-state index is 0.146. The van der Waals surface area contributed by atoms with Gasteiger partial charge in [0.2, 0.25) is 4.90 Å². The zero-order valence-electron chi connectivity index (χ0n) is 15.2. The molecule has 0 bridgehead atoms. The molecule has 1 aliphatic heterocycles. The fourth-order valence-corrected chi connectivity index (χ4v) is 8.32. The largest absolute Gasteiger partial charge is 0.381 e. The van der Waals surface area contributed by atoms with Crippen LogP contribution in [0.25, 0.3) is 0 Å². The van der Waals surface area contributed by atoms with Crippen molar-refractivity contribution in [1.82, 2.24) is 5.32 Å². The number of hydrogen-bond donors (Lipinski definition) is 1. The molecule has 0 spiro atoms. The van der Waals surface area contributed by atoms with E-state index in [0.29, 0.717) is 6.54 Å². The van der Waals surface area contributed by atoms with Crippen LogP contribution in [0.1, 0.15) is 27.7 Å². The molecule has 1 aliphatic carbocycles. The summed E-state index contributed by atoms with van der Waals surface area (Å²) in [6.07, 6.45) is 7.08. The van der Waals surface area contributed by atoms with Gasteiger partial charge in [-0.25, -0.2) is 0 Å². The lowest BCUT2D eigenvalue weighted by Crippen LogP contribution is -2.28. The Hall–Kier alpha value is -0.680. The Morgan fingerprint density at radius 3 is 1.80 bits per heavy atom. The molecule has 0 atom stereocenters. The second kappa shape index (κ2) is 8.34. The van der Waals surface area contributed by atoms with Gasteiger partial charge in [-0.3, -0.25) is 9.13 Å². The lowest BCUT2D eigenvalue weighted by atomic mass is 10.2. The van der Waals surface area contributed by atoms with Gasteiger partial charge in [-0.15, -0.1) is 0 Å². The predicted octanol–water partition coefficient (Wildman–Crippen LogP) is 4.20. The number of allylic oxidation sites excluding steroid dienone is 3. The molecule has 9 heteroatoms. The molecule has 0 fully saturated rings. The van der Waals surface area contributed by atoms with Crippen LogP contribution in [0.4, 0.5) is 0 Å². The Kier molecular flexibility index (Phi) is 6.88. The van der Waals surface area contributed by atoms with Crippen molar-refractivity contribution in [2.24, 2.45) is 0 Å². The van der Waals surface area contributed by atoms with E-state index in [0.717, 1.165) is 11.3 Å². The summed E-state index contributed by atoms with van der Waals surface area (Å²) < 4.78 is 49.8. The summed E-state index contributed by atoms with van der Waals surface area (Å²) in [5.74, 6) is 0. The first-order chi connectivity index (χ1) is 11.9. The molecule has 2 aliphatic rings. The van der Waals surface area contributed by atoms with Gasteiger partial charge in [0.15, 0.2) is 0 Å². The highest BCUT2D eigenvalue weighted by Gasteiger charge is 2.65. The monoisotopic (exact) mass is 391 g/mol. The van der Waals surface area contributed by atoms with E-state index in [1.54, 1.807) is 39.8 Å². The highest BCUT2D eigenvalue weighted by molar-refractivity contribution is 7.75. The van der Waals surface area contributed by atoms with Crippen molar-refractivity contribution in [2.75, 3.05) is 33.0 Å². The maximum Gasteiger partial charge on any atom is 0.356 e. The van der Waals surface area contributed by atoms with Gasteiger partial charge >= 0.3 is 15.2 Å². The molecule has 7 nitrogen and oxygen atoms in total. The van der Waals surface area contributed by atoms with Crippen molar-refractivity contribution in [1.29, 1.82) is 0 Å². The van der Waals surface area contributed by atoms with E-state index in [1.165, 1.54) is 0 Å². The summed E-state index contributed by atoms with van der Waals surface area (Å²) in [5, 5.41) is 3.19. The van der Waals surface area contributed by atoms with Crippen LogP contribution >= 0.6 is 15.2 Å². The molecule has 142 valence electrons. The highest BCUT2D eigenvalue weighted by atomic mass is 31.2. The van der Waals surface area contributed by atoms with Gasteiger partial charge in [0.25, 0.3) is 0 Å². The minimum atomic E-state index is -3.89. The SMILES string of the molecule is CCOP(=O)(OCC)C1(P(=O)(OCC)OCC)C=C2C=CCNC2=C1. The molecule has 0 saturated heterocycles. The summed E-state index contributed by atoms with van der Waals surface area (Å²) in [4.78, 5) is -1.62. The van der Waals surface area contributed by atoms with Crippen molar-refractivity contribution < 1.29 is 27.2 Å². The lowest BCUT2D eigenvalue weighted by molar-refractivity contribution is 0.191. The molecule has 0 radical (unpaired) electrons. The van der Waals surface area contributed by atoms with Crippen molar-refractivity contribution in [3.63, 3.8) is 0 Å². The fourth-order valence-electron chi connectivity index (χ4n) is 2.92. The van der Waals surface area contributed by atoms with Gasteiger partial charge in [-0.1, -0.05) is 12.2 Å². The Bertz CT molecular complexity index is 620. The number of rotatable bonds is 10. The van der Waals surface area contributed by atoms with Crippen molar-refractivity contribution >= 4 is 15.2 Å². The molecule has 0 unspecified atom stereocenters. The van der Waals surface area contributed by atoms with E-state index in [9.17, 15) is 9.13 Å². The van der Waals surface area contributed by atoms with Gasteiger partial charge in [0.1, 0.15) is 0 Å². The van der Waals surface area contributed by atoms with Crippen molar-refractivity contribution in [3.8, 4) is 0 Å². The molecule has 0 saturated carbocycles. The summed E-state index contributed by atoms with van der Waals surface area (Å²) in [5.41, 5.74) is 1.49. The number of hydrogen-bond acceptors (Lipinski definition) is 7. The Morgan fingerprint density at radius 2 is 1.40 bits per heavy atom. The van der Waals surface area contributed by atoms with Gasteiger partial charge < -0.3 is 23.4 Å². The Morgan fingerprint density at radius 1 is 0.920 bits per heavy atom. The Labute approximate surface area is 149 Å².